The lowest BCUT2D eigenvalue weighted by Gasteiger charge is -1.96. The van der Waals surface area contributed by atoms with Crippen LogP contribution in [0.25, 0.3) is 0 Å². The first-order valence-electron chi connectivity index (χ1n) is 2.81. The minimum atomic E-state index is -0.440. The summed E-state index contributed by atoms with van der Waals surface area (Å²) >= 11 is 1.93. The zero-order chi connectivity index (χ0) is 8.27. The van der Waals surface area contributed by atoms with Crippen LogP contribution in [-0.2, 0) is 4.74 Å². The fraction of sp³-hybridized carbons (Fsp3) is 0.167. The molecule has 0 saturated carbocycles. The molecule has 0 aliphatic carbocycles. The Labute approximate surface area is 77.1 Å². The lowest BCUT2D eigenvalue weighted by Crippen LogP contribution is -2.05. The minimum absolute atomic E-state index is 0.284. The summed E-state index contributed by atoms with van der Waals surface area (Å²) in [6, 6.07) is 1.51. The number of hydrogen-bond acceptors (Lipinski definition) is 4. The number of aromatic nitrogens is 2. The van der Waals surface area contributed by atoms with Crippen molar-refractivity contribution in [2.45, 2.75) is 0 Å². The van der Waals surface area contributed by atoms with E-state index in [1.54, 1.807) is 0 Å². The first-order valence-corrected chi connectivity index (χ1v) is 3.89. The highest BCUT2D eigenvalue weighted by Gasteiger charge is 2.06. The van der Waals surface area contributed by atoms with Crippen LogP contribution in [0.5, 0.6) is 0 Å². The molecule has 11 heavy (non-hydrogen) atoms. The highest BCUT2D eigenvalue weighted by atomic mass is 127. The second kappa shape index (κ2) is 3.61. The van der Waals surface area contributed by atoms with Crippen molar-refractivity contribution in [2.75, 3.05) is 7.11 Å². The maximum absolute atomic E-state index is 10.8. The highest BCUT2D eigenvalue weighted by molar-refractivity contribution is 14.1. The van der Waals surface area contributed by atoms with Gasteiger partial charge in [0.25, 0.3) is 0 Å². The van der Waals surface area contributed by atoms with Crippen molar-refractivity contribution in [2.24, 2.45) is 0 Å². The second-order valence-corrected chi connectivity index (χ2v) is 2.67. The Bertz CT molecular complexity index is 277. The van der Waals surface area contributed by atoms with E-state index in [4.69, 9.17) is 0 Å². The lowest BCUT2D eigenvalue weighted by atomic mass is 10.4. The zero-order valence-electron chi connectivity index (χ0n) is 5.74. The average Bonchev–Trinajstić information content (AvgIpc) is 2.03. The Balaban J connectivity index is 2.96. The van der Waals surface area contributed by atoms with Crippen LogP contribution >= 0.6 is 22.6 Å². The number of nitrogens with zero attached hydrogens (tertiary/aromatic N) is 2. The molecule has 1 aromatic heterocycles. The maximum atomic E-state index is 10.8. The van der Waals surface area contributed by atoms with E-state index in [0.29, 0.717) is 3.83 Å². The number of carbonyl (C=O) groups is 1. The molecule has 1 heterocycles. The van der Waals surface area contributed by atoms with E-state index < -0.39 is 5.97 Å². The number of methoxy groups -OCH3 is 1. The van der Waals surface area contributed by atoms with Gasteiger partial charge in [-0.2, -0.15) is 0 Å². The molecule has 0 bridgehead atoms. The van der Waals surface area contributed by atoms with Crippen LogP contribution in [0.3, 0.4) is 0 Å². The molecular formula is C6H5IN2O2. The van der Waals surface area contributed by atoms with Gasteiger partial charge in [0.15, 0.2) is 9.53 Å². The molecule has 1 rings (SSSR count). The molecule has 0 atom stereocenters. The molecule has 5 heteroatoms. The third-order valence-electron chi connectivity index (χ3n) is 1.02. The minimum Gasteiger partial charge on any atom is -0.464 e. The summed E-state index contributed by atoms with van der Waals surface area (Å²) < 4.78 is 4.99. The second-order valence-electron chi connectivity index (χ2n) is 1.70. The number of rotatable bonds is 1. The first kappa shape index (κ1) is 8.38. The van der Waals surface area contributed by atoms with Crippen LogP contribution in [0.15, 0.2) is 12.3 Å². The summed E-state index contributed by atoms with van der Waals surface area (Å²) in [7, 11) is 1.32. The standard InChI is InChI=1S/C6H5IN2O2/c1-11-5(10)4-2-3-8-6(7)9-4/h2-3H,1H3. The fourth-order valence-corrected chi connectivity index (χ4v) is 0.974. The largest absolute Gasteiger partial charge is 0.464 e. The van der Waals surface area contributed by atoms with Gasteiger partial charge in [-0.1, -0.05) is 0 Å². The van der Waals surface area contributed by atoms with E-state index in [1.165, 1.54) is 19.4 Å². The number of ether oxygens (including phenoxy) is 1. The van der Waals surface area contributed by atoms with Gasteiger partial charge in [-0.25, -0.2) is 14.8 Å². The van der Waals surface area contributed by atoms with Gasteiger partial charge in [0.05, 0.1) is 7.11 Å². The van der Waals surface area contributed by atoms with Crippen molar-refractivity contribution in [3.8, 4) is 0 Å². The zero-order valence-corrected chi connectivity index (χ0v) is 7.90. The van der Waals surface area contributed by atoms with Crippen molar-refractivity contribution in [1.29, 1.82) is 0 Å². The Morgan fingerprint density at radius 2 is 2.45 bits per heavy atom. The molecule has 58 valence electrons. The first-order chi connectivity index (χ1) is 5.24. The summed E-state index contributed by atoms with van der Waals surface area (Å²) in [4.78, 5) is 18.5. The van der Waals surface area contributed by atoms with E-state index in [0.717, 1.165) is 0 Å². The Hall–Kier alpha value is -0.720. The SMILES string of the molecule is COC(=O)c1ccnc(I)n1. The Kier molecular flexibility index (Phi) is 2.75. The van der Waals surface area contributed by atoms with E-state index in [9.17, 15) is 4.79 Å². The van der Waals surface area contributed by atoms with Crippen LogP contribution in [0.4, 0.5) is 0 Å². The molecule has 4 nitrogen and oxygen atoms in total. The van der Waals surface area contributed by atoms with Gasteiger partial charge in [-0.15, -0.1) is 0 Å². The van der Waals surface area contributed by atoms with E-state index in [-0.39, 0.29) is 5.69 Å². The maximum Gasteiger partial charge on any atom is 0.356 e. The molecule has 0 N–H and O–H groups in total. The van der Waals surface area contributed by atoms with Crippen LogP contribution in [0.2, 0.25) is 0 Å². The van der Waals surface area contributed by atoms with Crippen LogP contribution in [-0.4, -0.2) is 23.0 Å². The van der Waals surface area contributed by atoms with Gasteiger partial charge in [0.1, 0.15) is 0 Å². The van der Waals surface area contributed by atoms with Gasteiger partial charge >= 0.3 is 5.97 Å². The summed E-state index contributed by atoms with van der Waals surface area (Å²) in [6.45, 7) is 0. The molecule has 0 spiro atoms. The topological polar surface area (TPSA) is 52.1 Å². The van der Waals surface area contributed by atoms with Crippen molar-refractivity contribution < 1.29 is 9.53 Å². The quantitative estimate of drug-likeness (QED) is 0.429. The Morgan fingerprint density at radius 3 is 3.00 bits per heavy atom. The highest BCUT2D eigenvalue weighted by Crippen LogP contribution is 1.99. The van der Waals surface area contributed by atoms with Gasteiger partial charge in [-0.3, -0.25) is 0 Å². The van der Waals surface area contributed by atoms with E-state index in [1.807, 2.05) is 22.6 Å². The average molecular weight is 264 g/mol. The van der Waals surface area contributed by atoms with Crippen LogP contribution < -0.4 is 0 Å². The third kappa shape index (κ3) is 2.11. The summed E-state index contributed by atoms with van der Waals surface area (Å²) in [5, 5.41) is 0. The van der Waals surface area contributed by atoms with Gasteiger partial charge in [0.2, 0.25) is 0 Å². The molecule has 1 aromatic rings. The fourth-order valence-electron chi connectivity index (χ4n) is 0.553. The van der Waals surface area contributed by atoms with Gasteiger partial charge < -0.3 is 4.74 Å². The molecule has 0 amide bonds. The number of esters is 1. The molecule has 0 aromatic carbocycles. The molecule has 0 saturated heterocycles. The van der Waals surface area contributed by atoms with E-state index >= 15 is 0 Å². The molecule has 0 aliphatic rings. The molecule has 0 aliphatic heterocycles. The molecular weight excluding hydrogens is 259 g/mol. The monoisotopic (exact) mass is 264 g/mol. The van der Waals surface area contributed by atoms with Crippen LogP contribution in [0, 0.1) is 3.83 Å². The van der Waals surface area contributed by atoms with Gasteiger partial charge in [-0.05, 0) is 6.07 Å². The molecule has 0 unspecified atom stereocenters. The number of hydrogen-bond donors (Lipinski definition) is 0. The summed E-state index contributed by atoms with van der Waals surface area (Å²) in [6.07, 6.45) is 1.51. The predicted octanol–water partition coefficient (Wildman–Crippen LogP) is 0.868. The molecule has 0 fully saturated rings. The van der Waals surface area contributed by atoms with Crippen molar-refractivity contribution in [3.05, 3.63) is 21.8 Å². The smallest absolute Gasteiger partial charge is 0.356 e. The van der Waals surface area contributed by atoms with Crippen molar-refractivity contribution in [3.63, 3.8) is 0 Å². The van der Waals surface area contributed by atoms with Crippen molar-refractivity contribution in [1.82, 2.24) is 9.97 Å². The predicted molar refractivity (Wildman–Crippen MR) is 46.1 cm³/mol. The van der Waals surface area contributed by atoms with Crippen LogP contribution in [0.1, 0.15) is 10.5 Å². The lowest BCUT2D eigenvalue weighted by molar-refractivity contribution is 0.0593. The summed E-state index contributed by atoms with van der Waals surface area (Å²) in [5.41, 5.74) is 0.284. The third-order valence-corrected chi connectivity index (χ3v) is 1.54. The van der Waals surface area contributed by atoms with Gasteiger partial charge in [0, 0.05) is 28.8 Å². The Morgan fingerprint density at radius 1 is 1.73 bits per heavy atom. The van der Waals surface area contributed by atoms with Crippen molar-refractivity contribution >= 4 is 28.6 Å². The number of halogens is 1. The number of carbonyl (C=O) groups excluding carboxylic acids is 1. The van der Waals surface area contributed by atoms with E-state index in [2.05, 4.69) is 14.7 Å². The normalized spacial score (nSPS) is 9.27. The summed E-state index contributed by atoms with van der Waals surface area (Å²) in [5.74, 6) is -0.440. The molecule has 0 radical (unpaired) electrons.